The molecule has 33 heavy (non-hydrogen) atoms. The standard InChI is InChI=1S/C28H38O5/c1-5-6-7-11-17-26-31-19-25(30-18-24-20(2)13-12-14-21(24)3)27(33-26)22(4)32-28(29)23-15-9-8-10-16-23/h8-10,12-16,22,25-27H,5-7,11,17-19H2,1-4H3/t22?,25-,26+,27+/m0/s1. The minimum Gasteiger partial charge on any atom is -0.456 e. The zero-order valence-corrected chi connectivity index (χ0v) is 20.4. The highest BCUT2D eigenvalue weighted by molar-refractivity contribution is 5.89. The number of ether oxygens (including phenoxy) is 4. The first kappa shape index (κ1) is 25.4. The SMILES string of the molecule is CCCCCC[C@@H]1OC[C@H](OCc2c(C)cccc2C)[C@@H](C(C)OC(=O)c2ccccc2)O1. The van der Waals surface area contributed by atoms with Gasteiger partial charge in [-0.2, -0.15) is 0 Å². The van der Waals surface area contributed by atoms with Crippen LogP contribution in [0.25, 0.3) is 0 Å². The van der Waals surface area contributed by atoms with E-state index < -0.39 is 12.2 Å². The fraction of sp³-hybridized carbons (Fsp3) is 0.536. The molecular formula is C28H38O5. The van der Waals surface area contributed by atoms with Gasteiger partial charge in [-0.25, -0.2) is 4.79 Å². The predicted octanol–water partition coefficient (Wildman–Crippen LogP) is 6.15. The average Bonchev–Trinajstić information content (AvgIpc) is 2.82. The molecule has 1 aliphatic heterocycles. The fourth-order valence-corrected chi connectivity index (χ4v) is 4.19. The van der Waals surface area contributed by atoms with E-state index in [9.17, 15) is 4.79 Å². The van der Waals surface area contributed by atoms with Crippen molar-refractivity contribution >= 4 is 5.97 Å². The van der Waals surface area contributed by atoms with Crippen molar-refractivity contribution in [3.8, 4) is 0 Å². The lowest BCUT2D eigenvalue weighted by Gasteiger charge is -2.39. The van der Waals surface area contributed by atoms with Crippen LogP contribution in [0.2, 0.25) is 0 Å². The third kappa shape index (κ3) is 7.39. The van der Waals surface area contributed by atoms with Gasteiger partial charge < -0.3 is 18.9 Å². The highest BCUT2D eigenvalue weighted by Gasteiger charge is 2.38. The van der Waals surface area contributed by atoms with E-state index in [0.29, 0.717) is 18.8 Å². The number of hydrogen-bond acceptors (Lipinski definition) is 5. The lowest BCUT2D eigenvalue weighted by Crippen LogP contribution is -2.51. The van der Waals surface area contributed by atoms with Gasteiger partial charge in [0.1, 0.15) is 18.3 Å². The molecule has 180 valence electrons. The second kappa shape index (κ2) is 12.9. The monoisotopic (exact) mass is 454 g/mol. The molecule has 0 N–H and O–H groups in total. The maximum Gasteiger partial charge on any atom is 0.338 e. The zero-order chi connectivity index (χ0) is 23.6. The topological polar surface area (TPSA) is 54.0 Å². The molecule has 0 radical (unpaired) electrons. The first-order chi connectivity index (χ1) is 16.0. The molecule has 2 aromatic carbocycles. The smallest absolute Gasteiger partial charge is 0.338 e. The first-order valence-electron chi connectivity index (χ1n) is 12.2. The van der Waals surface area contributed by atoms with Crippen LogP contribution >= 0.6 is 0 Å². The molecule has 0 bridgehead atoms. The number of esters is 1. The summed E-state index contributed by atoms with van der Waals surface area (Å²) in [5.41, 5.74) is 4.09. The number of carbonyl (C=O) groups excluding carboxylic acids is 1. The molecule has 0 spiro atoms. The predicted molar refractivity (Wildman–Crippen MR) is 129 cm³/mol. The van der Waals surface area contributed by atoms with E-state index >= 15 is 0 Å². The van der Waals surface area contributed by atoms with Crippen LogP contribution in [0.4, 0.5) is 0 Å². The lowest BCUT2D eigenvalue weighted by atomic mass is 10.0. The zero-order valence-electron chi connectivity index (χ0n) is 20.4. The Bertz CT molecular complexity index is 846. The summed E-state index contributed by atoms with van der Waals surface area (Å²) >= 11 is 0. The molecule has 0 saturated carbocycles. The minimum atomic E-state index is -0.470. The summed E-state index contributed by atoms with van der Waals surface area (Å²) in [6.07, 6.45) is 3.96. The highest BCUT2D eigenvalue weighted by Crippen LogP contribution is 2.26. The number of carbonyl (C=O) groups is 1. The Hall–Kier alpha value is -2.21. The molecule has 5 nitrogen and oxygen atoms in total. The summed E-state index contributed by atoms with van der Waals surface area (Å²) in [6, 6.07) is 15.3. The largest absolute Gasteiger partial charge is 0.456 e. The van der Waals surface area contributed by atoms with Crippen LogP contribution in [-0.4, -0.2) is 37.2 Å². The van der Waals surface area contributed by atoms with Gasteiger partial charge in [0.05, 0.1) is 18.8 Å². The number of benzene rings is 2. The van der Waals surface area contributed by atoms with Gasteiger partial charge in [0.15, 0.2) is 6.29 Å². The number of rotatable bonds is 11. The van der Waals surface area contributed by atoms with Crippen LogP contribution < -0.4 is 0 Å². The van der Waals surface area contributed by atoms with Crippen molar-refractivity contribution in [1.82, 2.24) is 0 Å². The molecule has 4 atom stereocenters. The summed E-state index contributed by atoms with van der Waals surface area (Å²) in [6.45, 7) is 9.14. The van der Waals surface area contributed by atoms with Gasteiger partial charge in [0, 0.05) is 0 Å². The Balaban J connectivity index is 1.66. The average molecular weight is 455 g/mol. The molecule has 2 aromatic rings. The van der Waals surface area contributed by atoms with Crippen LogP contribution in [-0.2, 0) is 25.6 Å². The molecular weight excluding hydrogens is 416 g/mol. The van der Waals surface area contributed by atoms with Crippen molar-refractivity contribution in [3.63, 3.8) is 0 Å². The van der Waals surface area contributed by atoms with Crippen LogP contribution in [0.5, 0.6) is 0 Å². The van der Waals surface area contributed by atoms with Crippen molar-refractivity contribution in [3.05, 3.63) is 70.8 Å². The molecule has 0 amide bonds. The summed E-state index contributed by atoms with van der Waals surface area (Å²) in [5, 5.41) is 0. The van der Waals surface area contributed by atoms with Crippen molar-refractivity contribution in [2.45, 2.75) is 91.0 Å². The van der Waals surface area contributed by atoms with Gasteiger partial charge in [0.25, 0.3) is 0 Å². The normalized spacial score (nSPS) is 21.5. The van der Waals surface area contributed by atoms with Gasteiger partial charge in [-0.1, -0.05) is 62.6 Å². The molecule has 1 heterocycles. The summed E-state index contributed by atoms with van der Waals surface area (Å²) in [5.74, 6) is -0.355. The van der Waals surface area contributed by atoms with E-state index in [-0.39, 0.29) is 18.4 Å². The third-order valence-corrected chi connectivity index (χ3v) is 6.27. The van der Waals surface area contributed by atoms with Crippen LogP contribution in [0.15, 0.2) is 48.5 Å². The Morgan fingerprint density at radius 2 is 1.76 bits per heavy atom. The van der Waals surface area contributed by atoms with E-state index in [1.54, 1.807) is 12.1 Å². The molecule has 5 heteroatoms. The third-order valence-electron chi connectivity index (χ3n) is 6.27. The van der Waals surface area contributed by atoms with Crippen LogP contribution in [0.1, 0.15) is 73.0 Å². The highest BCUT2D eigenvalue weighted by atomic mass is 16.7. The van der Waals surface area contributed by atoms with E-state index in [1.165, 1.54) is 29.5 Å². The molecule has 1 unspecified atom stereocenters. The van der Waals surface area contributed by atoms with Gasteiger partial charge in [-0.3, -0.25) is 0 Å². The van der Waals surface area contributed by atoms with Crippen molar-refractivity contribution in [2.75, 3.05) is 6.61 Å². The van der Waals surface area contributed by atoms with E-state index in [1.807, 2.05) is 25.1 Å². The number of aryl methyl sites for hydroxylation is 2. The van der Waals surface area contributed by atoms with E-state index in [0.717, 1.165) is 19.3 Å². The summed E-state index contributed by atoms with van der Waals surface area (Å²) in [7, 11) is 0. The lowest BCUT2D eigenvalue weighted by molar-refractivity contribution is -0.281. The van der Waals surface area contributed by atoms with Crippen molar-refractivity contribution in [2.24, 2.45) is 0 Å². The van der Waals surface area contributed by atoms with E-state index in [4.69, 9.17) is 18.9 Å². The van der Waals surface area contributed by atoms with Crippen LogP contribution in [0, 0.1) is 13.8 Å². The quantitative estimate of drug-likeness (QED) is 0.301. The number of unbranched alkanes of at least 4 members (excludes halogenated alkanes) is 3. The van der Waals surface area contributed by atoms with Crippen LogP contribution in [0.3, 0.4) is 0 Å². The molecule has 0 aromatic heterocycles. The Morgan fingerprint density at radius 1 is 1.03 bits per heavy atom. The molecule has 1 fully saturated rings. The van der Waals surface area contributed by atoms with Gasteiger partial charge in [-0.15, -0.1) is 0 Å². The van der Waals surface area contributed by atoms with E-state index in [2.05, 4.69) is 39.0 Å². The van der Waals surface area contributed by atoms with Gasteiger partial charge >= 0.3 is 5.97 Å². The number of hydrogen-bond donors (Lipinski definition) is 0. The molecule has 0 aliphatic carbocycles. The maximum absolute atomic E-state index is 12.6. The Labute approximate surface area is 198 Å². The Morgan fingerprint density at radius 3 is 2.45 bits per heavy atom. The minimum absolute atomic E-state index is 0.301. The molecule has 1 saturated heterocycles. The molecule has 3 rings (SSSR count). The maximum atomic E-state index is 12.6. The summed E-state index contributed by atoms with van der Waals surface area (Å²) in [4.78, 5) is 12.6. The summed E-state index contributed by atoms with van der Waals surface area (Å²) < 4.78 is 24.4. The Kier molecular flexibility index (Phi) is 9.92. The van der Waals surface area contributed by atoms with Gasteiger partial charge in [-0.05, 0) is 62.4 Å². The van der Waals surface area contributed by atoms with Crippen molar-refractivity contribution in [1.29, 1.82) is 0 Å². The molecule has 1 aliphatic rings. The second-order valence-electron chi connectivity index (χ2n) is 8.91. The first-order valence-corrected chi connectivity index (χ1v) is 12.2. The fourth-order valence-electron chi connectivity index (χ4n) is 4.19. The van der Waals surface area contributed by atoms with Crippen molar-refractivity contribution < 1.29 is 23.7 Å². The second-order valence-corrected chi connectivity index (χ2v) is 8.91. The van der Waals surface area contributed by atoms with Gasteiger partial charge in [0.2, 0.25) is 0 Å².